The van der Waals surface area contributed by atoms with Crippen LogP contribution in [0.3, 0.4) is 0 Å². The van der Waals surface area contributed by atoms with Gasteiger partial charge in [-0.25, -0.2) is 4.98 Å². The molecule has 0 saturated heterocycles. The Kier molecular flexibility index (Phi) is 6.49. The number of benzene rings is 2. The summed E-state index contributed by atoms with van der Waals surface area (Å²) in [4.78, 5) is 24.4. The first-order valence-electron chi connectivity index (χ1n) is 12.7. The van der Waals surface area contributed by atoms with Gasteiger partial charge in [-0.2, -0.15) is 18.3 Å². The van der Waals surface area contributed by atoms with Crippen molar-refractivity contribution in [2.75, 3.05) is 18.6 Å². The van der Waals surface area contributed by atoms with E-state index in [-0.39, 0.29) is 23.0 Å². The lowest BCUT2D eigenvalue weighted by Gasteiger charge is -2.32. The van der Waals surface area contributed by atoms with Crippen LogP contribution in [0.2, 0.25) is 5.02 Å². The molecule has 0 radical (unpaired) electrons. The molecule has 4 heterocycles. The average Bonchev–Trinajstić information content (AvgIpc) is 3.53. The van der Waals surface area contributed by atoms with Gasteiger partial charge in [0.1, 0.15) is 11.6 Å². The van der Waals surface area contributed by atoms with E-state index in [1.165, 1.54) is 19.4 Å². The lowest BCUT2D eigenvalue weighted by Crippen LogP contribution is -2.38. The molecule has 5 aromatic rings. The van der Waals surface area contributed by atoms with Crippen molar-refractivity contribution in [1.82, 2.24) is 24.3 Å². The molecule has 1 amide bonds. The number of amides is 1. The molecule has 0 aliphatic carbocycles. The number of pyridine rings is 1. The number of rotatable bonds is 5. The molecule has 1 aliphatic heterocycles. The minimum atomic E-state index is -4.67. The minimum absolute atomic E-state index is 0.0705. The van der Waals surface area contributed by atoms with Gasteiger partial charge in [0.05, 0.1) is 23.3 Å². The number of ether oxygens (including phenoxy) is 1. The summed E-state index contributed by atoms with van der Waals surface area (Å²) in [6, 6.07) is 8.77. The van der Waals surface area contributed by atoms with Crippen molar-refractivity contribution in [2.24, 2.45) is 7.05 Å². The third-order valence-electron chi connectivity index (χ3n) is 7.31. The van der Waals surface area contributed by atoms with Gasteiger partial charge in [0.2, 0.25) is 0 Å². The number of aromatic nitrogens is 5. The van der Waals surface area contributed by atoms with Crippen LogP contribution >= 0.6 is 11.6 Å². The molecule has 1 aliphatic rings. The molecule has 0 fully saturated rings. The fourth-order valence-electron chi connectivity index (χ4n) is 5.40. The van der Waals surface area contributed by atoms with Crippen LogP contribution in [0.15, 0.2) is 55.1 Å². The normalized spacial score (nSPS) is 13.6. The maximum absolute atomic E-state index is 14.2. The number of alkyl halides is 3. The predicted octanol–water partition coefficient (Wildman–Crippen LogP) is 6.07. The van der Waals surface area contributed by atoms with E-state index in [1.807, 2.05) is 11.5 Å². The van der Waals surface area contributed by atoms with Crippen LogP contribution in [-0.4, -0.2) is 43.9 Å². The van der Waals surface area contributed by atoms with Gasteiger partial charge in [0, 0.05) is 61.4 Å². The Morgan fingerprint density at radius 3 is 2.59 bits per heavy atom. The summed E-state index contributed by atoms with van der Waals surface area (Å²) in [7, 11) is 2.99. The van der Waals surface area contributed by atoms with E-state index in [4.69, 9.17) is 16.3 Å². The number of fused-ring (bicyclic) bond motifs is 2. The second kappa shape index (κ2) is 9.91. The number of imidazole rings is 1. The van der Waals surface area contributed by atoms with Gasteiger partial charge in [0.15, 0.2) is 5.69 Å². The fraction of sp³-hybridized carbons (Fsp3) is 0.241. The van der Waals surface area contributed by atoms with Crippen molar-refractivity contribution in [1.29, 1.82) is 0 Å². The summed E-state index contributed by atoms with van der Waals surface area (Å²) in [6.07, 6.45) is 1.90. The molecule has 2 aromatic carbocycles. The molecule has 0 N–H and O–H groups in total. The minimum Gasteiger partial charge on any atom is -0.497 e. The first kappa shape index (κ1) is 26.8. The molecule has 210 valence electrons. The molecule has 0 bridgehead atoms. The summed E-state index contributed by atoms with van der Waals surface area (Å²) >= 11 is 6.63. The largest absolute Gasteiger partial charge is 0.497 e. The van der Waals surface area contributed by atoms with Crippen molar-refractivity contribution >= 4 is 34.1 Å². The van der Waals surface area contributed by atoms with Crippen molar-refractivity contribution in [3.63, 3.8) is 0 Å². The number of carbonyl (C=O) groups excluding carboxylic acids is 1. The standard InChI is InChI=1S/C29H24ClF3N6O2/c1-16-34-7-9-38(16)14-17-10-20(23-15-37(2)36-27(23)29(31,32)33)19-6-8-39(28(40)21(19)11-17)26-22-12-18(41-3)4-5-25(22)35-13-24(26)30/h4-5,7,9-13,15H,6,8,14H2,1-3H3. The Balaban J connectivity index is 1.54. The third kappa shape index (κ3) is 4.69. The van der Waals surface area contributed by atoms with Crippen molar-refractivity contribution in [2.45, 2.75) is 26.1 Å². The Bertz CT molecular complexity index is 1830. The molecule has 0 saturated carbocycles. The highest BCUT2D eigenvalue weighted by Gasteiger charge is 2.39. The van der Waals surface area contributed by atoms with Crippen LogP contribution in [0.25, 0.3) is 22.0 Å². The Morgan fingerprint density at radius 1 is 1.10 bits per heavy atom. The highest BCUT2D eigenvalue weighted by molar-refractivity contribution is 6.36. The highest BCUT2D eigenvalue weighted by Crippen LogP contribution is 2.42. The second-order valence-corrected chi connectivity index (χ2v) is 10.3. The summed E-state index contributed by atoms with van der Waals surface area (Å²) < 4.78 is 50.6. The van der Waals surface area contributed by atoms with Crippen LogP contribution < -0.4 is 9.64 Å². The lowest BCUT2D eigenvalue weighted by atomic mass is 9.88. The molecule has 0 atom stereocenters. The number of methoxy groups -OCH3 is 1. The van der Waals surface area contributed by atoms with E-state index in [0.717, 1.165) is 10.5 Å². The highest BCUT2D eigenvalue weighted by atomic mass is 35.5. The summed E-state index contributed by atoms with van der Waals surface area (Å²) in [5.74, 6) is 0.939. The number of nitrogens with zero attached hydrogens (tertiary/aromatic N) is 6. The van der Waals surface area contributed by atoms with Crippen molar-refractivity contribution in [3.8, 4) is 16.9 Å². The van der Waals surface area contributed by atoms with E-state index >= 15 is 0 Å². The number of halogens is 4. The second-order valence-electron chi connectivity index (χ2n) is 9.88. The molecule has 8 nitrogen and oxygen atoms in total. The summed E-state index contributed by atoms with van der Waals surface area (Å²) in [6.45, 7) is 2.35. The van der Waals surface area contributed by atoms with Gasteiger partial charge in [0.25, 0.3) is 5.91 Å². The van der Waals surface area contributed by atoms with Gasteiger partial charge >= 0.3 is 6.18 Å². The van der Waals surface area contributed by atoms with E-state index < -0.39 is 11.9 Å². The molecular formula is C29H24ClF3N6O2. The van der Waals surface area contributed by atoms with Gasteiger partial charge in [-0.15, -0.1) is 0 Å². The smallest absolute Gasteiger partial charge is 0.435 e. The molecule has 12 heteroatoms. The molecular weight excluding hydrogens is 557 g/mol. The zero-order valence-corrected chi connectivity index (χ0v) is 23.1. The number of aryl methyl sites for hydroxylation is 2. The third-order valence-corrected chi connectivity index (χ3v) is 7.58. The van der Waals surface area contributed by atoms with Crippen molar-refractivity contribution in [3.05, 3.63) is 88.4 Å². The zero-order valence-electron chi connectivity index (χ0n) is 22.3. The number of anilines is 1. The van der Waals surface area contributed by atoms with Crippen LogP contribution in [0.1, 0.15) is 33.0 Å². The van der Waals surface area contributed by atoms with E-state index in [0.29, 0.717) is 57.6 Å². The SMILES string of the molecule is COc1ccc2ncc(Cl)c(N3CCc4c(cc(Cn5ccnc5C)cc4-c4cn(C)nc4C(F)(F)F)C3=O)c2c1. The lowest BCUT2D eigenvalue weighted by molar-refractivity contribution is -0.140. The number of hydrogen-bond donors (Lipinski definition) is 0. The molecule has 6 rings (SSSR count). The molecule has 0 spiro atoms. The van der Waals surface area contributed by atoms with Crippen LogP contribution in [0, 0.1) is 6.92 Å². The molecule has 0 unspecified atom stereocenters. The zero-order chi connectivity index (χ0) is 29.1. The Morgan fingerprint density at radius 2 is 1.88 bits per heavy atom. The first-order valence-corrected chi connectivity index (χ1v) is 13.1. The van der Waals surface area contributed by atoms with Crippen LogP contribution in [0.5, 0.6) is 5.75 Å². The van der Waals surface area contributed by atoms with E-state index in [9.17, 15) is 18.0 Å². The van der Waals surface area contributed by atoms with E-state index in [2.05, 4.69) is 15.1 Å². The Hall–Kier alpha value is -4.38. The number of hydrogen-bond acceptors (Lipinski definition) is 5. The molecule has 41 heavy (non-hydrogen) atoms. The quantitative estimate of drug-likeness (QED) is 0.252. The van der Waals surface area contributed by atoms with Gasteiger partial charge < -0.3 is 14.2 Å². The monoisotopic (exact) mass is 580 g/mol. The first-order chi connectivity index (χ1) is 19.5. The van der Waals surface area contributed by atoms with Gasteiger partial charge in [-0.3, -0.25) is 14.5 Å². The summed E-state index contributed by atoms with van der Waals surface area (Å²) in [5, 5.41) is 4.62. The number of carbonyl (C=O) groups is 1. The van der Waals surface area contributed by atoms with Crippen LogP contribution in [0.4, 0.5) is 18.9 Å². The molecule has 3 aromatic heterocycles. The van der Waals surface area contributed by atoms with E-state index in [1.54, 1.807) is 54.7 Å². The maximum atomic E-state index is 14.2. The Labute approximate surface area is 237 Å². The summed E-state index contributed by atoms with van der Waals surface area (Å²) in [5.41, 5.74) is 1.85. The maximum Gasteiger partial charge on any atom is 0.435 e. The fourth-order valence-corrected chi connectivity index (χ4v) is 5.66. The van der Waals surface area contributed by atoms with Crippen molar-refractivity contribution < 1.29 is 22.7 Å². The average molecular weight is 581 g/mol. The van der Waals surface area contributed by atoms with Gasteiger partial charge in [-0.1, -0.05) is 11.6 Å². The predicted molar refractivity (Wildman–Crippen MR) is 148 cm³/mol. The van der Waals surface area contributed by atoms with Crippen LogP contribution in [-0.2, 0) is 26.2 Å². The topological polar surface area (TPSA) is 78.1 Å². The van der Waals surface area contributed by atoms with Gasteiger partial charge in [-0.05, 0) is 60.4 Å².